The van der Waals surface area contributed by atoms with E-state index >= 15 is 0 Å². The first-order chi connectivity index (χ1) is 13.3. The second-order valence-electron chi connectivity index (χ2n) is 8.45. The van der Waals surface area contributed by atoms with E-state index < -0.39 is 0 Å². The topological polar surface area (TPSA) is 8.81 Å². The third kappa shape index (κ3) is 11.6. The molecule has 1 aromatic rings. The zero-order valence-corrected chi connectivity index (χ0v) is 19.0. The Kier molecular flexibility index (Phi) is 15.6. The molecule has 2 nitrogen and oxygen atoms in total. The molecule has 0 atom stereocenters. The number of hydrogen-bond acceptors (Lipinski definition) is 0. The lowest BCUT2D eigenvalue weighted by Crippen LogP contribution is -2.37. The fourth-order valence-corrected chi connectivity index (χ4v) is 4.00. The first-order valence-electron chi connectivity index (χ1n) is 12.4. The molecular formula is C25H49N2+. The van der Waals surface area contributed by atoms with Gasteiger partial charge in [-0.2, -0.15) is 0 Å². The summed E-state index contributed by atoms with van der Waals surface area (Å²) in [4.78, 5) is 0. The van der Waals surface area contributed by atoms with Gasteiger partial charge in [-0.25, -0.2) is 9.13 Å². The molecule has 0 saturated carbocycles. The van der Waals surface area contributed by atoms with Crippen LogP contribution in [0.3, 0.4) is 0 Å². The monoisotopic (exact) mass is 377 g/mol. The van der Waals surface area contributed by atoms with E-state index in [0.29, 0.717) is 0 Å². The van der Waals surface area contributed by atoms with Crippen LogP contribution in [0.25, 0.3) is 0 Å². The third-order valence-corrected chi connectivity index (χ3v) is 5.85. The molecule has 2 heteroatoms. The van der Waals surface area contributed by atoms with Crippen LogP contribution >= 0.6 is 0 Å². The molecule has 0 aliphatic heterocycles. The van der Waals surface area contributed by atoms with Gasteiger partial charge in [-0.15, -0.1) is 0 Å². The Hall–Kier alpha value is -0.790. The van der Waals surface area contributed by atoms with E-state index in [9.17, 15) is 0 Å². The maximum Gasteiger partial charge on any atom is 0.256 e. The van der Waals surface area contributed by atoms with Gasteiger partial charge in [0.2, 0.25) is 0 Å². The highest BCUT2D eigenvalue weighted by molar-refractivity contribution is 4.84. The van der Waals surface area contributed by atoms with Crippen LogP contribution < -0.4 is 4.57 Å². The van der Waals surface area contributed by atoms with Crippen LogP contribution in [0.5, 0.6) is 0 Å². The summed E-state index contributed by atoms with van der Waals surface area (Å²) in [6, 6.07) is 0. The molecule has 0 aromatic carbocycles. The second kappa shape index (κ2) is 17.3. The Morgan fingerprint density at radius 2 is 1.15 bits per heavy atom. The van der Waals surface area contributed by atoms with Crippen LogP contribution in [-0.2, 0) is 19.5 Å². The summed E-state index contributed by atoms with van der Waals surface area (Å²) in [6.45, 7) is 9.31. The van der Waals surface area contributed by atoms with Gasteiger partial charge >= 0.3 is 0 Å². The molecule has 0 amide bonds. The summed E-state index contributed by atoms with van der Waals surface area (Å²) in [7, 11) is 0. The number of rotatable bonds is 19. The third-order valence-electron chi connectivity index (χ3n) is 5.85. The van der Waals surface area contributed by atoms with Gasteiger partial charge in [-0.3, -0.25) is 0 Å². The predicted octanol–water partition coefficient (Wildman–Crippen LogP) is 7.62. The lowest BCUT2D eigenvalue weighted by atomic mass is 10.1. The number of hydrogen-bond donors (Lipinski definition) is 0. The van der Waals surface area contributed by atoms with Crippen LogP contribution in [0.1, 0.15) is 129 Å². The smallest absolute Gasteiger partial charge is 0.234 e. The van der Waals surface area contributed by atoms with Gasteiger partial charge < -0.3 is 0 Å². The van der Waals surface area contributed by atoms with E-state index in [2.05, 4.69) is 42.3 Å². The SMILES string of the molecule is CCCCCCCCCCCC[n+]1ccn(CCCC)c1CCCCCC. The Bertz CT molecular complexity index is 436. The quantitative estimate of drug-likeness (QED) is 0.173. The lowest BCUT2D eigenvalue weighted by molar-refractivity contribution is -0.704. The molecule has 158 valence electrons. The normalized spacial score (nSPS) is 11.4. The summed E-state index contributed by atoms with van der Waals surface area (Å²) in [5.74, 6) is 1.58. The summed E-state index contributed by atoms with van der Waals surface area (Å²) in [5, 5.41) is 0. The summed E-state index contributed by atoms with van der Waals surface area (Å²) in [6.07, 6.45) is 28.2. The average Bonchev–Trinajstić information content (AvgIpc) is 3.06. The highest BCUT2D eigenvalue weighted by Crippen LogP contribution is 2.11. The van der Waals surface area contributed by atoms with Crippen LogP contribution in [0.15, 0.2) is 12.4 Å². The van der Waals surface area contributed by atoms with E-state index in [1.54, 1.807) is 5.82 Å². The van der Waals surface area contributed by atoms with Crippen LogP contribution in [0.2, 0.25) is 0 Å². The largest absolute Gasteiger partial charge is 0.256 e. The maximum atomic E-state index is 2.56. The molecule has 0 aliphatic carbocycles. The maximum absolute atomic E-state index is 2.56. The zero-order chi connectivity index (χ0) is 19.6. The minimum Gasteiger partial charge on any atom is -0.234 e. The fraction of sp³-hybridized carbons (Fsp3) is 0.880. The minimum atomic E-state index is 1.20. The van der Waals surface area contributed by atoms with Gasteiger partial charge in [0, 0.05) is 6.42 Å². The van der Waals surface area contributed by atoms with Crippen molar-refractivity contribution in [2.24, 2.45) is 0 Å². The fourth-order valence-electron chi connectivity index (χ4n) is 4.00. The number of aryl methyl sites for hydroxylation is 2. The van der Waals surface area contributed by atoms with Crippen LogP contribution in [0, 0.1) is 0 Å². The van der Waals surface area contributed by atoms with Crippen molar-refractivity contribution in [3.8, 4) is 0 Å². The highest BCUT2D eigenvalue weighted by Gasteiger charge is 2.16. The van der Waals surface area contributed by atoms with E-state index in [1.807, 2.05) is 0 Å². The van der Waals surface area contributed by atoms with Gasteiger partial charge in [-0.05, 0) is 25.7 Å². The van der Waals surface area contributed by atoms with E-state index in [1.165, 1.54) is 122 Å². The van der Waals surface area contributed by atoms with Crippen LogP contribution in [0.4, 0.5) is 0 Å². The Morgan fingerprint density at radius 1 is 0.630 bits per heavy atom. The predicted molar refractivity (Wildman–Crippen MR) is 119 cm³/mol. The van der Waals surface area contributed by atoms with Gasteiger partial charge in [0.1, 0.15) is 12.4 Å². The molecule has 0 radical (unpaired) electrons. The van der Waals surface area contributed by atoms with Crippen molar-refractivity contribution in [1.29, 1.82) is 0 Å². The average molecular weight is 378 g/mol. The first-order valence-corrected chi connectivity index (χ1v) is 12.4. The van der Waals surface area contributed by atoms with Crippen molar-refractivity contribution in [2.45, 2.75) is 143 Å². The Morgan fingerprint density at radius 3 is 1.74 bits per heavy atom. The molecule has 0 saturated heterocycles. The number of nitrogens with zero attached hydrogens (tertiary/aromatic N) is 2. The number of imidazole rings is 1. The molecule has 27 heavy (non-hydrogen) atoms. The molecule has 1 rings (SSSR count). The molecule has 1 heterocycles. The molecule has 0 unspecified atom stereocenters. The van der Waals surface area contributed by atoms with Gasteiger partial charge in [0.25, 0.3) is 5.82 Å². The van der Waals surface area contributed by atoms with Crippen molar-refractivity contribution in [1.82, 2.24) is 4.57 Å². The van der Waals surface area contributed by atoms with Crippen molar-refractivity contribution in [3.63, 3.8) is 0 Å². The van der Waals surface area contributed by atoms with Crippen molar-refractivity contribution in [2.75, 3.05) is 0 Å². The van der Waals surface area contributed by atoms with Crippen LogP contribution in [-0.4, -0.2) is 4.57 Å². The number of aromatic nitrogens is 2. The second-order valence-corrected chi connectivity index (χ2v) is 8.45. The molecule has 0 spiro atoms. The summed E-state index contributed by atoms with van der Waals surface area (Å²) in [5.41, 5.74) is 0. The minimum absolute atomic E-state index is 1.20. The number of unbranched alkanes of at least 4 members (excludes halogenated alkanes) is 13. The molecule has 0 aliphatic rings. The Labute approximate surface area is 170 Å². The van der Waals surface area contributed by atoms with Gasteiger partial charge in [0.05, 0.1) is 13.1 Å². The van der Waals surface area contributed by atoms with E-state index in [4.69, 9.17) is 0 Å². The molecule has 1 aromatic heterocycles. The van der Waals surface area contributed by atoms with Gasteiger partial charge in [-0.1, -0.05) is 97.8 Å². The molecule has 0 bridgehead atoms. The molecular weight excluding hydrogens is 328 g/mol. The summed E-state index contributed by atoms with van der Waals surface area (Å²) >= 11 is 0. The molecule has 0 fully saturated rings. The van der Waals surface area contributed by atoms with Crippen molar-refractivity contribution in [3.05, 3.63) is 18.2 Å². The molecule has 0 N–H and O–H groups in total. The standard InChI is InChI=1S/C25H49N2/c1-4-7-10-12-13-14-15-16-17-19-22-27-24-23-26(21-9-6-3)25(27)20-18-11-8-5-2/h23-24H,4-22H2,1-3H3/q+1. The summed E-state index contributed by atoms with van der Waals surface area (Å²) < 4.78 is 5.10. The Balaban J connectivity index is 2.26. The highest BCUT2D eigenvalue weighted by atomic mass is 15.1. The first kappa shape index (κ1) is 24.2. The van der Waals surface area contributed by atoms with E-state index in [0.717, 1.165) is 0 Å². The van der Waals surface area contributed by atoms with E-state index in [-0.39, 0.29) is 0 Å². The zero-order valence-electron chi connectivity index (χ0n) is 19.0. The van der Waals surface area contributed by atoms with Crippen molar-refractivity contribution >= 4 is 0 Å². The van der Waals surface area contributed by atoms with Crippen molar-refractivity contribution < 1.29 is 4.57 Å². The lowest BCUT2D eigenvalue weighted by Gasteiger charge is -2.06. The van der Waals surface area contributed by atoms with Gasteiger partial charge in [0.15, 0.2) is 0 Å².